The lowest BCUT2D eigenvalue weighted by atomic mass is 9.91. The topological polar surface area (TPSA) is 20.2 Å². The van der Waals surface area contributed by atoms with E-state index in [2.05, 4.69) is 294 Å². The van der Waals surface area contributed by atoms with Crippen LogP contribution in [0.15, 0.2) is 328 Å². The van der Waals surface area contributed by atoms with Gasteiger partial charge in [-0.25, -0.2) is 0 Å². The summed E-state index contributed by atoms with van der Waals surface area (Å²) in [5, 5.41) is 5.86. The Morgan fingerprint density at radius 2 is 0.833 bits per heavy atom. The van der Waals surface area contributed by atoms with Gasteiger partial charge in [0.05, 0.1) is 11.0 Å². The average Bonchev–Trinajstić information content (AvgIpc) is 2.43. The van der Waals surface area contributed by atoms with Gasteiger partial charge in [0.25, 0.3) is 0 Å². The minimum Gasteiger partial charge on any atom is -0.356 e. The molecule has 1 aliphatic carbocycles. The molecule has 3 nitrogen and oxygen atoms in total. The van der Waals surface area contributed by atoms with Crippen LogP contribution in [0.3, 0.4) is 0 Å². The lowest BCUT2D eigenvalue weighted by Gasteiger charge is -2.26. The van der Waals surface area contributed by atoms with Crippen molar-refractivity contribution in [2.24, 2.45) is 0 Å². The van der Waals surface area contributed by atoms with Crippen LogP contribution in [0, 0.1) is 0 Å². The molecule has 1 aliphatic rings. The third-order valence-corrected chi connectivity index (χ3v) is 16.2. The molecular formula is C81H59N3. The van der Waals surface area contributed by atoms with Crippen LogP contribution in [0.5, 0.6) is 0 Å². The molecule has 14 aromatic rings. The minimum atomic E-state index is 0.913. The van der Waals surface area contributed by atoms with Crippen molar-refractivity contribution in [3.8, 4) is 72.4 Å². The van der Waals surface area contributed by atoms with E-state index in [1.54, 1.807) is 0 Å². The molecule has 1 heterocycles. The second-order valence-electron chi connectivity index (χ2n) is 21.4. The normalized spacial score (nSPS) is 11.3. The highest BCUT2D eigenvalue weighted by Gasteiger charge is 2.24. The van der Waals surface area contributed by atoms with Crippen LogP contribution in [0.25, 0.3) is 100 Å². The monoisotopic (exact) mass is 1070 g/mol. The molecule has 0 fully saturated rings. The highest BCUT2D eigenvalue weighted by atomic mass is 15.1. The number of benzene rings is 13. The zero-order valence-electron chi connectivity index (χ0n) is 46.5. The Kier molecular flexibility index (Phi) is 13.9. The van der Waals surface area contributed by atoms with Gasteiger partial charge in [-0.05, 0) is 187 Å². The van der Waals surface area contributed by atoms with E-state index in [1.165, 1.54) is 105 Å². The number of para-hydroxylation sites is 4. The standard InChI is InChI=1S/C67H46N2.C14H13N/c1-4-16-46(17-5-1)47-32-36-59(37-33-47)68(57-24-6-2-7-25-57)60-28-14-21-51(44-60)50-20-13-22-54(41-50)61-30-15-23-55-43-56-42-52(34-38-62(56)67(55)61)48-18-12-19-49(40-48)53-35-39-64-63-29-10-11-31-65(63)69(66(64)45-53)58-26-8-3-9-27-58;1-2-12-7-6-10-14(11-12)15-13-8-4-3-5-9-13/h1-42,44-45H,43H2;2-11,15H,1H2. The minimum absolute atomic E-state index is 0.913. The maximum absolute atomic E-state index is 3.75. The van der Waals surface area contributed by atoms with Crippen LogP contribution in [0.2, 0.25) is 0 Å². The summed E-state index contributed by atoms with van der Waals surface area (Å²) in [6.07, 6.45) is 2.76. The number of hydrogen-bond acceptors (Lipinski definition) is 2. The molecule has 1 aromatic heterocycles. The number of fused-ring (bicyclic) bond motifs is 6. The number of nitrogens with one attached hydrogen (secondary N) is 1. The Balaban J connectivity index is 0.000000364. The summed E-state index contributed by atoms with van der Waals surface area (Å²) in [5.74, 6) is 0. The molecule has 1 N–H and O–H groups in total. The van der Waals surface area contributed by atoms with Gasteiger partial charge >= 0.3 is 0 Å². The maximum Gasteiger partial charge on any atom is 0.0547 e. The molecule has 0 unspecified atom stereocenters. The predicted molar refractivity (Wildman–Crippen MR) is 357 cm³/mol. The molecule has 0 bridgehead atoms. The van der Waals surface area contributed by atoms with E-state index < -0.39 is 0 Å². The lowest BCUT2D eigenvalue weighted by molar-refractivity contribution is 1.18. The lowest BCUT2D eigenvalue weighted by Crippen LogP contribution is -2.09. The van der Waals surface area contributed by atoms with Crippen molar-refractivity contribution in [1.82, 2.24) is 4.57 Å². The molecule has 0 atom stereocenters. The van der Waals surface area contributed by atoms with Gasteiger partial charge in [-0.15, -0.1) is 0 Å². The largest absolute Gasteiger partial charge is 0.356 e. The summed E-state index contributed by atoms with van der Waals surface area (Å²) in [4.78, 5) is 2.35. The first-order chi connectivity index (χ1) is 41.6. The molecule has 0 saturated carbocycles. The van der Waals surface area contributed by atoms with Crippen LogP contribution < -0.4 is 10.2 Å². The Bertz CT molecular complexity index is 4660. The molecular weight excluding hydrogens is 1010 g/mol. The Morgan fingerprint density at radius 3 is 1.58 bits per heavy atom. The Morgan fingerprint density at radius 1 is 0.321 bits per heavy atom. The summed E-state index contributed by atoms with van der Waals surface area (Å²) < 4.78 is 2.39. The zero-order valence-corrected chi connectivity index (χ0v) is 46.5. The second kappa shape index (κ2) is 22.9. The summed E-state index contributed by atoms with van der Waals surface area (Å²) in [5.41, 5.74) is 27.8. The van der Waals surface area contributed by atoms with E-state index in [0.717, 1.165) is 40.4 Å². The van der Waals surface area contributed by atoms with Gasteiger partial charge in [-0.1, -0.05) is 237 Å². The van der Waals surface area contributed by atoms with E-state index >= 15 is 0 Å². The van der Waals surface area contributed by atoms with Crippen molar-refractivity contribution in [1.29, 1.82) is 0 Å². The molecule has 0 radical (unpaired) electrons. The average molecular weight is 1070 g/mol. The van der Waals surface area contributed by atoms with Crippen molar-refractivity contribution >= 4 is 56.3 Å². The summed E-state index contributed by atoms with van der Waals surface area (Å²) in [7, 11) is 0. The Labute approximate surface area is 492 Å². The smallest absolute Gasteiger partial charge is 0.0547 e. The van der Waals surface area contributed by atoms with Crippen LogP contribution in [-0.4, -0.2) is 4.57 Å². The van der Waals surface area contributed by atoms with Gasteiger partial charge in [-0.3, -0.25) is 0 Å². The van der Waals surface area contributed by atoms with Crippen LogP contribution in [-0.2, 0) is 6.42 Å². The van der Waals surface area contributed by atoms with Gasteiger partial charge in [-0.2, -0.15) is 0 Å². The van der Waals surface area contributed by atoms with Crippen molar-refractivity contribution in [3.05, 3.63) is 345 Å². The van der Waals surface area contributed by atoms with Crippen LogP contribution in [0.4, 0.5) is 28.4 Å². The van der Waals surface area contributed by atoms with Gasteiger partial charge < -0.3 is 14.8 Å². The molecule has 398 valence electrons. The van der Waals surface area contributed by atoms with E-state index in [0.29, 0.717) is 0 Å². The van der Waals surface area contributed by atoms with Crippen molar-refractivity contribution < 1.29 is 0 Å². The molecule has 3 heteroatoms. The number of rotatable bonds is 12. The summed E-state index contributed by atoms with van der Waals surface area (Å²) in [6, 6.07) is 116. The quantitative estimate of drug-likeness (QED) is 0.132. The third-order valence-electron chi connectivity index (χ3n) is 16.2. The van der Waals surface area contributed by atoms with E-state index in [4.69, 9.17) is 0 Å². The number of hydrogen-bond donors (Lipinski definition) is 1. The fourth-order valence-electron chi connectivity index (χ4n) is 12.1. The molecule has 0 amide bonds. The van der Waals surface area contributed by atoms with Gasteiger partial charge in [0.1, 0.15) is 0 Å². The van der Waals surface area contributed by atoms with Crippen molar-refractivity contribution in [2.45, 2.75) is 6.42 Å². The van der Waals surface area contributed by atoms with Crippen LogP contribution in [0.1, 0.15) is 16.7 Å². The van der Waals surface area contributed by atoms with Gasteiger partial charge in [0.15, 0.2) is 0 Å². The molecule has 0 aliphatic heterocycles. The van der Waals surface area contributed by atoms with Gasteiger partial charge in [0.2, 0.25) is 0 Å². The number of aromatic nitrogens is 1. The molecule has 13 aromatic carbocycles. The zero-order chi connectivity index (χ0) is 56.2. The SMILES string of the molecule is C=Cc1cccc(Nc2ccccc2)c1.c1ccc(-c2ccc(N(c3ccccc3)c3cccc(-c4cccc(-c5cccc6c5-c5ccc(-c7cccc(-c8ccc9c%10ccccc%10n(-c%10ccccc%10)c9c8)c7)cc5C6)c4)c3)cc2)cc1. The highest BCUT2D eigenvalue weighted by Crippen LogP contribution is 2.46. The summed E-state index contributed by atoms with van der Waals surface area (Å²) >= 11 is 0. The number of anilines is 5. The first-order valence-electron chi connectivity index (χ1n) is 28.8. The Hall–Kier alpha value is -11.0. The predicted octanol–water partition coefficient (Wildman–Crippen LogP) is 22.2. The van der Waals surface area contributed by atoms with E-state index in [9.17, 15) is 0 Å². The first-order valence-corrected chi connectivity index (χ1v) is 28.8. The fourth-order valence-corrected chi connectivity index (χ4v) is 12.1. The third kappa shape index (κ3) is 10.3. The highest BCUT2D eigenvalue weighted by molar-refractivity contribution is 6.10. The van der Waals surface area contributed by atoms with Gasteiger partial charge in [0, 0.05) is 44.9 Å². The summed E-state index contributed by atoms with van der Waals surface area (Å²) in [6.45, 7) is 3.75. The van der Waals surface area contributed by atoms with Crippen LogP contribution >= 0.6 is 0 Å². The number of nitrogens with zero attached hydrogens (tertiary/aromatic N) is 2. The first kappa shape index (κ1) is 51.2. The molecule has 0 spiro atoms. The maximum atomic E-state index is 3.75. The van der Waals surface area contributed by atoms with Crippen molar-refractivity contribution in [2.75, 3.05) is 10.2 Å². The second-order valence-corrected chi connectivity index (χ2v) is 21.4. The molecule has 15 rings (SSSR count). The van der Waals surface area contributed by atoms with Crippen molar-refractivity contribution in [3.63, 3.8) is 0 Å². The fraction of sp³-hybridized carbons (Fsp3) is 0.0123. The van der Waals surface area contributed by atoms with E-state index in [-0.39, 0.29) is 0 Å². The molecule has 0 saturated heterocycles. The molecule has 84 heavy (non-hydrogen) atoms. The van der Waals surface area contributed by atoms with E-state index in [1.807, 2.05) is 54.6 Å².